The van der Waals surface area contributed by atoms with Crippen molar-refractivity contribution in [3.8, 4) is 0 Å². The van der Waals surface area contributed by atoms with Gasteiger partial charge in [-0.3, -0.25) is 4.79 Å². The minimum Gasteiger partial charge on any atom is -0.375 e. The molecule has 3 aliphatic rings. The number of ether oxygens (including phenoxy) is 1. The highest BCUT2D eigenvalue weighted by Crippen LogP contribution is 2.46. The van der Waals surface area contributed by atoms with Gasteiger partial charge in [-0.2, -0.15) is 11.8 Å². The largest absolute Gasteiger partial charge is 0.375 e. The average Bonchev–Trinajstić information content (AvgIpc) is 2.39. The van der Waals surface area contributed by atoms with Crippen molar-refractivity contribution in [3.63, 3.8) is 0 Å². The number of hydrogen-bond acceptors (Lipinski definition) is 4. The van der Waals surface area contributed by atoms with Gasteiger partial charge in [0.15, 0.2) is 0 Å². The van der Waals surface area contributed by atoms with Crippen LogP contribution >= 0.6 is 23.5 Å². The molecule has 2 aliphatic heterocycles. The zero-order valence-electron chi connectivity index (χ0n) is 11.9. The lowest BCUT2D eigenvalue weighted by Crippen LogP contribution is -2.48. The van der Waals surface area contributed by atoms with Gasteiger partial charge in [-0.25, -0.2) is 0 Å². The van der Waals surface area contributed by atoms with E-state index in [9.17, 15) is 4.79 Å². The van der Waals surface area contributed by atoms with Crippen LogP contribution in [0.5, 0.6) is 0 Å². The number of ketones is 1. The number of hydrogen-bond donors (Lipinski definition) is 0. The van der Waals surface area contributed by atoms with Crippen LogP contribution in [-0.2, 0) is 9.53 Å². The Labute approximate surface area is 124 Å². The Balaban J connectivity index is 1.60. The number of carbonyl (C=O) groups excluding carboxylic acids is 1. The van der Waals surface area contributed by atoms with Crippen LogP contribution in [0, 0.1) is 5.92 Å². The fourth-order valence-corrected chi connectivity index (χ4v) is 6.34. The molecule has 0 N–H and O–H groups in total. The van der Waals surface area contributed by atoms with E-state index in [2.05, 4.69) is 13.8 Å². The predicted molar refractivity (Wildman–Crippen MR) is 83.0 cm³/mol. The molecule has 4 atom stereocenters. The molecule has 0 bridgehead atoms. The van der Waals surface area contributed by atoms with E-state index in [-0.39, 0.29) is 16.8 Å². The van der Waals surface area contributed by atoms with Gasteiger partial charge in [0.25, 0.3) is 0 Å². The molecule has 0 radical (unpaired) electrons. The van der Waals surface area contributed by atoms with Gasteiger partial charge in [0.05, 0.1) is 10.9 Å². The molecular formula is C15H24O2S2. The topological polar surface area (TPSA) is 26.3 Å². The first-order valence-electron chi connectivity index (χ1n) is 7.54. The van der Waals surface area contributed by atoms with E-state index in [0.717, 1.165) is 25.2 Å². The minimum atomic E-state index is 0.101. The summed E-state index contributed by atoms with van der Waals surface area (Å²) in [5.74, 6) is 1.80. The van der Waals surface area contributed by atoms with Crippen LogP contribution in [0.3, 0.4) is 0 Å². The second kappa shape index (κ2) is 5.61. The van der Waals surface area contributed by atoms with Crippen molar-refractivity contribution in [3.05, 3.63) is 0 Å². The van der Waals surface area contributed by atoms with Gasteiger partial charge in [0.1, 0.15) is 5.78 Å². The first-order chi connectivity index (χ1) is 9.10. The summed E-state index contributed by atoms with van der Waals surface area (Å²) < 4.78 is 5.94. The minimum absolute atomic E-state index is 0.101. The smallest absolute Gasteiger partial charge is 0.149 e. The van der Waals surface area contributed by atoms with E-state index in [1.807, 2.05) is 23.5 Å². The van der Waals surface area contributed by atoms with Crippen molar-refractivity contribution in [2.75, 3.05) is 12.4 Å². The molecule has 0 aromatic rings. The number of carbonyl (C=O) groups is 1. The van der Waals surface area contributed by atoms with Crippen molar-refractivity contribution >= 4 is 29.3 Å². The van der Waals surface area contributed by atoms with Gasteiger partial charge in [-0.15, -0.1) is 11.8 Å². The van der Waals surface area contributed by atoms with Crippen molar-refractivity contribution in [1.82, 2.24) is 0 Å². The Morgan fingerprint density at radius 1 is 1.26 bits per heavy atom. The normalized spacial score (nSPS) is 41.8. The van der Waals surface area contributed by atoms with Crippen LogP contribution in [0.1, 0.15) is 46.0 Å². The van der Waals surface area contributed by atoms with Crippen LogP contribution in [0.2, 0.25) is 0 Å². The van der Waals surface area contributed by atoms with Crippen LogP contribution < -0.4 is 0 Å². The second-order valence-corrected chi connectivity index (χ2v) is 9.34. The van der Waals surface area contributed by atoms with Gasteiger partial charge >= 0.3 is 0 Å². The maximum Gasteiger partial charge on any atom is 0.149 e. The van der Waals surface area contributed by atoms with Gasteiger partial charge in [0.2, 0.25) is 0 Å². The third kappa shape index (κ3) is 2.86. The summed E-state index contributed by atoms with van der Waals surface area (Å²) in [7, 11) is 0. The Kier molecular flexibility index (Phi) is 4.21. The molecule has 3 rings (SSSR count). The standard InChI is InChI=1S/C15H24O2S2/c1-10-11(2)19-13(9-18-10)14(16)12-4-7-17-15(8-12)5-3-6-15/h10-13H,3-9H2,1-2H3. The molecule has 2 heterocycles. The maximum absolute atomic E-state index is 12.7. The van der Waals surface area contributed by atoms with E-state index >= 15 is 0 Å². The first kappa shape index (κ1) is 14.3. The maximum atomic E-state index is 12.7. The molecular weight excluding hydrogens is 276 g/mol. The highest BCUT2D eigenvalue weighted by molar-refractivity contribution is 8.08. The van der Waals surface area contributed by atoms with Crippen LogP contribution in [0.25, 0.3) is 0 Å². The molecule has 0 aromatic carbocycles. The number of thioether (sulfide) groups is 2. The molecule has 4 unspecified atom stereocenters. The first-order valence-corrected chi connectivity index (χ1v) is 9.54. The SMILES string of the molecule is CC1SCC(C(=O)C2CCOC3(CCC3)C2)SC1C. The third-order valence-electron chi connectivity index (χ3n) is 5.03. The predicted octanol–water partition coefficient (Wildman–Crippen LogP) is 3.53. The van der Waals surface area contributed by atoms with Crippen molar-refractivity contribution in [1.29, 1.82) is 0 Å². The molecule has 19 heavy (non-hydrogen) atoms. The molecule has 1 aliphatic carbocycles. The van der Waals surface area contributed by atoms with E-state index in [0.29, 0.717) is 16.3 Å². The summed E-state index contributed by atoms with van der Waals surface area (Å²) >= 11 is 3.88. The van der Waals surface area contributed by atoms with E-state index in [4.69, 9.17) is 4.74 Å². The quantitative estimate of drug-likeness (QED) is 0.779. The Hall–Kier alpha value is 0.330. The number of Topliss-reactive ketones (excluding diaryl/α,β-unsaturated/α-hetero) is 1. The molecule has 1 saturated carbocycles. The molecule has 3 fully saturated rings. The van der Waals surface area contributed by atoms with E-state index in [1.54, 1.807) is 0 Å². The summed E-state index contributed by atoms with van der Waals surface area (Å²) in [5.41, 5.74) is 0.101. The Morgan fingerprint density at radius 3 is 2.68 bits per heavy atom. The average molecular weight is 300 g/mol. The monoisotopic (exact) mass is 300 g/mol. The molecule has 4 heteroatoms. The molecule has 0 amide bonds. The van der Waals surface area contributed by atoms with E-state index < -0.39 is 0 Å². The molecule has 108 valence electrons. The number of rotatable bonds is 2. The Morgan fingerprint density at radius 2 is 2.05 bits per heavy atom. The molecule has 2 saturated heterocycles. The van der Waals surface area contributed by atoms with Gasteiger partial charge in [-0.05, 0) is 32.1 Å². The van der Waals surface area contributed by atoms with Crippen molar-refractivity contribution in [2.24, 2.45) is 5.92 Å². The van der Waals surface area contributed by atoms with Gasteiger partial charge in [0, 0.05) is 28.8 Å². The zero-order chi connectivity index (χ0) is 13.5. The summed E-state index contributed by atoms with van der Waals surface area (Å²) in [6.45, 7) is 5.34. The van der Waals surface area contributed by atoms with E-state index in [1.165, 1.54) is 19.3 Å². The summed E-state index contributed by atoms with van der Waals surface area (Å²) in [5, 5.41) is 1.52. The van der Waals surface area contributed by atoms with Crippen molar-refractivity contribution < 1.29 is 9.53 Å². The molecule has 0 aromatic heterocycles. The Bertz CT molecular complexity index is 354. The zero-order valence-corrected chi connectivity index (χ0v) is 13.5. The molecule has 2 nitrogen and oxygen atoms in total. The fraction of sp³-hybridized carbons (Fsp3) is 0.933. The lowest BCUT2D eigenvalue weighted by atomic mass is 9.71. The molecule has 1 spiro atoms. The van der Waals surface area contributed by atoms with Crippen molar-refractivity contribution in [2.45, 2.75) is 67.3 Å². The fourth-order valence-electron chi connectivity index (χ4n) is 3.39. The summed E-state index contributed by atoms with van der Waals surface area (Å²) in [6, 6.07) is 0. The van der Waals surface area contributed by atoms with Gasteiger partial charge < -0.3 is 4.74 Å². The highest BCUT2D eigenvalue weighted by Gasteiger charge is 2.45. The lowest BCUT2D eigenvalue weighted by molar-refractivity contribution is -0.155. The lowest BCUT2D eigenvalue weighted by Gasteiger charge is -2.47. The van der Waals surface area contributed by atoms with Gasteiger partial charge in [-0.1, -0.05) is 13.8 Å². The summed E-state index contributed by atoms with van der Waals surface area (Å²) in [6.07, 6.45) is 5.58. The van der Waals surface area contributed by atoms with Crippen LogP contribution in [0.4, 0.5) is 0 Å². The third-order valence-corrected chi connectivity index (χ3v) is 8.44. The van der Waals surface area contributed by atoms with Crippen LogP contribution in [-0.4, -0.2) is 39.5 Å². The highest BCUT2D eigenvalue weighted by atomic mass is 32.2. The summed E-state index contributed by atoms with van der Waals surface area (Å²) in [4.78, 5) is 12.7. The van der Waals surface area contributed by atoms with Crippen LogP contribution in [0.15, 0.2) is 0 Å². The second-order valence-electron chi connectivity index (χ2n) is 6.35.